The Bertz CT molecular complexity index is 655. The van der Waals surface area contributed by atoms with E-state index in [1.54, 1.807) is 24.3 Å². The minimum atomic E-state index is -0.192. The number of para-hydroxylation sites is 2. The number of nitrogens with one attached hydrogen (secondary N) is 1. The van der Waals surface area contributed by atoms with Gasteiger partial charge in [0.2, 0.25) is 0 Å². The summed E-state index contributed by atoms with van der Waals surface area (Å²) in [7, 11) is 0. The minimum Gasteiger partial charge on any atom is -0.494 e. The summed E-state index contributed by atoms with van der Waals surface area (Å²) in [5.74, 6) is 1.19. The summed E-state index contributed by atoms with van der Waals surface area (Å²) in [4.78, 5) is 12.4. The molecule has 0 unspecified atom stereocenters. The minimum absolute atomic E-state index is 0.192. The van der Waals surface area contributed by atoms with Gasteiger partial charge >= 0.3 is 0 Å². The largest absolute Gasteiger partial charge is 0.494 e. The monoisotopic (exact) mass is 343 g/mol. The van der Waals surface area contributed by atoms with Gasteiger partial charge in [0.1, 0.15) is 18.1 Å². The molecule has 1 amide bonds. The van der Waals surface area contributed by atoms with Gasteiger partial charge in [-0.25, -0.2) is 0 Å². The number of carbonyl (C=O) groups excluding carboxylic acids is 1. The Morgan fingerprint density at radius 2 is 1.68 bits per heavy atom. The molecule has 1 N–H and O–H groups in total. The van der Waals surface area contributed by atoms with Crippen molar-refractivity contribution in [2.75, 3.05) is 31.7 Å². The fraction of sp³-hybridized carbons (Fsp3) is 0.350. The summed E-state index contributed by atoms with van der Waals surface area (Å²) in [5.41, 5.74) is 1.20. The van der Waals surface area contributed by atoms with E-state index in [4.69, 9.17) is 14.2 Å². The molecule has 0 aliphatic carbocycles. The molecule has 0 fully saturated rings. The van der Waals surface area contributed by atoms with E-state index in [0.29, 0.717) is 43.4 Å². The SMILES string of the molecule is CCCOc1ccc(C(=O)Nc2ccccc2OCCOCC)cc1. The number of amides is 1. The summed E-state index contributed by atoms with van der Waals surface area (Å²) >= 11 is 0. The normalized spacial score (nSPS) is 10.3. The second-order valence-corrected chi connectivity index (χ2v) is 5.37. The number of hydrogen-bond donors (Lipinski definition) is 1. The van der Waals surface area contributed by atoms with Crippen molar-refractivity contribution in [2.45, 2.75) is 20.3 Å². The molecule has 0 bridgehead atoms. The van der Waals surface area contributed by atoms with Gasteiger partial charge in [-0.1, -0.05) is 19.1 Å². The summed E-state index contributed by atoms with van der Waals surface area (Å²) < 4.78 is 16.5. The molecule has 0 saturated heterocycles. The van der Waals surface area contributed by atoms with Gasteiger partial charge in [-0.3, -0.25) is 4.79 Å². The van der Waals surface area contributed by atoms with Crippen LogP contribution in [0.2, 0.25) is 0 Å². The maximum Gasteiger partial charge on any atom is 0.255 e. The Hall–Kier alpha value is -2.53. The van der Waals surface area contributed by atoms with E-state index in [1.165, 1.54) is 0 Å². The predicted molar refractivity (Wildman–Crippen MR) is 98.6 cm³/mol. The highest BCUT2D eigenvalue weighted by Gasteiger charge is 2.10. The highest BCUT2D eigenvalue weighted by atomic mass is 16.5. The van der Waals surface area contributed by atoms with Gasteiger partial charge in [0.05, 0.1) is 18.9 Å². The first kappa shape index (κ1) is 18.8. The Kier molecular flexibility index (Phi) is 7.79. The van der Waals surface area contributed by atoms with Crippen LogP contribution in [0.25, 0.3) is 0 Å². The molecule has 2 aromatic rings. The van der Waals surface area contributed by atoms with Crippen molar-refractivity contribution >= 4 is 11.6 Å². The van der Waals surface area contributed by atoms with Crippen molar-refractivity contribution < 1.29 is 19.0 Å². The van der Waals surface area contributed by atoms with Crippen molar-refractivity contribution in [2.24, 2.45) is 0 Å². The van der Waals surface area contributed by atoms with Crippen molar-refractivity contribution in [1.29, 1.82) is 0 Å². The van der Waals surface area contributed by atoms with Gasteiger partial charge in [-0.05, 0) is 49.7 Å². The maximum absolute atomic E-state index is 12.4. The first-order valence-corrected chi connectivity index (χ1v) is 8.58. The quantitative estimate of drug-likeness (QED) is 0.659. The predicted octanol–water partition coefficient (Wildman–Crippen LogP) is 4.14. The Morgan fingerprint density at radius 3 is 2.40 bits per heavy atom. The van der Waals surface area contributed by atoms with E-state index >= 15 is 0 Å². The number of hydrogen-bond acceptors (Lipinski definition) is 4. The molecular formula is C20H25NO4. The fourth-order valence-corrected chi connectivity index (χ4v) is 2.17. The molecule has 2 aromatic carbocycles. The zero-order chi connectivity index (χ0) is 17.9. The summed E-state index contributed by atoms with van der Waals surface area (Å²) in [5, 5.41) is 2.88. The molecule has 0 atom stereocenters. The molecule has 5 heteroatoms. The average Bonchev–Trinajstić information content (AvgIpc) is 2.65. The second-order valence-electron chi connectivity index (χ2n) is 5.37. The van der Waals surface area contributed by atoms with Crippen LogP contribution < -0.4 is 14.8 Å². The Balaban J connectivity index is 1.97. The van der Waals surface area contributed by atoms with Gasteiger partial charge in [0, 0.05) is 12.2 Å². The first-order chi connectivity index (χ1) is 12.2. The molecule has 2 rings (SSSR count). The van der Waals surface area contributed by atoms with Crippen molar-refractivity contribution in [1.82, 2.24) is 0 Å². The zero-order valence-electron chi connectivity index (χ0n) is 14.8. The fourth-order valence-electron chi connectivity index (χ4n) is 2.17. The van der Waals surface area contributed by atoms with Crippen LogP contribution in [-0.4, -0.2) is 32.3 Å². The lowest BCUT2D eigenvalue weighted by atomic mass is 10.2. The summed E-state index contributed by atoms with van der Waals surface area (Å²) in [6, 6.07) is 14.5. The van der Waals surface area contributed by atoms with Gasteiger partial charge in [0.15, 0.2) is 0 Å². The van der Waals surface area contributed by atoms with Gasteiger partial charge in [-0.15, -0.1) is 0 Å². The number of anilines is 1. The topological polar surface area (TPSA) is 56.8 Å². The molecule has 0 aliphatic heterocycles. The molecule has 0 saturated carbocycles. The first-order valence-electron chi connectivity index (χ1n) is 8.58. The van der Waals surface area contributed by atoms with Crippen LogP contribution in [0.15, 0.2) is 48.5 Å². The molecular weight excluding hydrogens is 318 g/mol. The molecule has 0 aliphatic rings. The lowest BCUT2D eigenvalue weighted by molar-refractivity contribution is 0.102. The van der Waals surface area contributed by atoms with Crippen LogP contribution >= 0.6 is 0 Å². The molecule has 0 spiro atoms. The zero-order valence-corrected chi connectivity index (χ0v) is 14.8. The van der Waals surface area contributed by atoms with Crippen LogP contribution in [-0.2, 0) is 4.74 Å². The third-order valence-electron chi connectivity index (χ3n) is 3.41. The molecule has 0 aromatic heterocycles. The molecule has 0 heterocycles. The van der Waals surface area contributed by atoms with E-state index in [-0.39, 0.29) is 5.91 Å². The average molecular weight is 343 g/mol. The number of carbonyl (C=O) groups is 1. The summed E-state index contributed by atoms with van der Waals surface area (Å²) in [6.07, 6.45) is 0.947. The smallest absolute Gasteiger partial charge is 0.255 e. The Morgan fingerprint density at radius 1 is 0.920 bits per heavy atom. The van der Waals surface area contributed by atoms with E-state index in [0.717, 1.165) is 12.2 Å². The number of rotatable bonds is 10. The third-order valence-corrected chi connectivity index (χ3v) is 3.41. The van der Waals surface area contributed by atoms with Crippen molar-refractivity contribution in [3.05, 3.63) is 54.1 Å². The highest BCUT2D eigenvalue weighted by Crippen LogP contribution is 2.24. The van der Waals surface area contributed by atoms with E-state index in [1.807, 2.05) is 31.2 Å². The molecule has 134 valence electrons. The van der Waals surface area contributed by atoms with Gasteiger partial charge in [0.25, 0.3) is 5.91 Å². The van der Waals surface area contributed by atoms with Crippen LogP contribution in [0.1, 0.15) is 30.6 Å². The van der Waals surface area contributed by atoms with E-state index in [9.17, 15) is 4.79 Å². The van der Waals surface area contributed by atoms with Crippen LogP contribution in [0, 0.1) is 0 Å². The van der Waals surface area contributed by atoms with Gasteiger partial charge < -0.3 is 19.5 Å². The lowest BCUT2D eigenvalue weighted by Crippen LogP contribution is -2.14. The second kappa shape index (κ2) is 10.4. The number of benzene rings is 2. The van der Waals surface area contributed by atoms with Crippen LogP contribution in [0.3, 0.4) is 0 Å². The van der Waals surface area contributed by atoms with Crippen LogP contribution in [0.5, 0.6) is 11.5 Å². The molecule has 0 radical (unpaired) electrons. The standard InChI is InChI=1S/C20H25NO4/c1-3-13-24-17-11-9-16(10-12-17)20(22)21-18-7-5-6-8-19(18)25-15-14-23-4-2/h5-12H,3-4,13-15H2,1-2H3,(H,21,22). The van der Waals surface area contributed by atoms with E-state index in [2.05, 4.69) is 12.2 Å². The van der Waals surface area contributed by atoms with E-state index < -0.39 is 0 Å². The van der Waals surface area contributed by atoms with Gasteiger partial charge in [-0.2, -0.15) is 0 Å². The maximum atomic E-state index is 12.4. The molecule has 25 heavy (non-hydrogen) atoms. The Labute approximate surface area is 148 Å². The number of ether oxygens (including phenoxy) is 3. The van der Waals surface area contributed by atoms with Crippen molar-refractivity contribution in [3.63, 3.8) is 0 Å². The summed E-state index contributed by atoms with van der Waals surface area (Å²) in [6.45, 7) is 6.25. The van der Waals surface area contributed by atoms with Crippen LogP contribution in [0.4, 0.5) is 5.69 Å². The highest BCUT2D eigenvalue weighted by molar-refractivity contribution is 6.05. The molecule has 5 nitrogen and oxygen atoms in total. The third kappa shape index (κ3) is 6.12. The van der Waals surface area contributed by atoms with Crippen molar-refractivity contribution in [3.8, 4) is 11.5 Å². The lowest BCUT2D eigenvalue weighted by Gasteiger charge is -2.12.